The van der Waals surface area contributed by atoms with Crippen molar-refractivity contribution in [2.45, 2.75) is 32.1 Å². The molecule has 164 valence electrons. The fraction of sp³-hybridized carbons (Fsp3) is 0.370. The summed E-state index contributed by atoms with van der Waals surface area (Å²) in [5.74, 6) is 0.452. The zero-order valence-corrected chi connectivity index (χ0v) is 18.3. The lowest BCUT2D eigenvalue weighted by Crippen LogP contribution is -2.41. The molecule has 3 aromatic rings. The van der Waals surface area contributed by atoms with E-state index in [4.69, 9.17) is 0 Å². The van der Waals surface area contributed by atoms with Gasteiger partial charge in [0, 0.05) is 43.9 Å². The Bertz CT molecular complexity index is 1120. The third kappa shape index (κ3) is 4.38. The molecule has 1 N–H and O–H groups in total. The number of aromatic nitrogens is 1. The second-order valence-corrected chi connectivity index (χ2v) is 9.22. The van der Waals surface area contributed by atoms with Crippen LogP contribution in [0, 0.1) is 11.3 Å². The lowest BCUT2D eigenvalue weighted by molar-refractivity contribution is -0.132. The largest absolute Gasteiger partial charge is 0.355 e. The maximum Gasteiger partial charge on any atom is 0.226 e. The molecule has 1 saturated carbocycles. The highest BCUT2D eigenvalue weighted by Crippen LogP contribution is 2.59. The normalized spacial score (nSPS) is 19.1. The molecule has 0 unspecified atom stereocenters. The van der Waals surface area contributed by atoms with Gasteiger partial charge >= 0.3 is 0 Å². The highest BCUT2D eigenvalue weighted by Gasteiger charge is 2.58. The summed E-state index contributed by atoms with van der Waals surface area (Å²) in [5.41, 5.74) is 2.16. The first kappa shape index (κ1) is 20.7. The molecule has 2 heterocycles. The predicted octanol–water partition coefficient (Wildman–Crippen LogP) is 3.76. The lowest BCUT2D eigenvalue weighted by Gasteiger charge is -2.33. The van der Waals surface area contributed by atoms with E-state index in [1.807, 2.05) is 35.2 Å². The van der Waals surface area contributed by atoms with Crippen molar-refractivity contribution in [3.8, 4) is 0 Å². The number of pyridine rings is 1. The number of nitrogens with one attached hydrogen (secondary N) is 1. The fourth-order valence-corrected chi connectivity index (χ4v) is 5.09. The van der Waals surface area contributed by atoms with E-state index in [1.165, 1.54) is 10.8 Å². The van der Waals surface area contributed by atoms with Gasteiger partial charge in [-0.1, -0.05) is 48.5 Å². The molecule has 2 aromatic carbocycles. The summed E-state index contributed by atoms with van der Waals surface area (Å²) in [6, 6.07) is 20.3. The molecular formula is C27H29N3O2. The molecule has 5 heteroatoms. The van der Waals surface area contributed by atoms with Crippen LogP contribution in [0.15, 0.2) is 66.9 Å². The van der Waals surface area contributed by atoms with Crippen molar-refractivity contribution in [3.05, 3.63) is 78.1 Å². The van der Waals surface area contributed by atoms with Gasteiger partial charge in [0.25, 0.3) is 0 Å². The summed E-state index contributed by atoms with van der Waals surface area (Å²) in [6.07, 6.45) is 5.78. The molecule has 2 fully saturated rings. The molecule has 5 rings (SSSR count). The fourth-order valence-electron chi connectivity index (χ4n) is 5.09. The second-order valence-electron chi connectivity index (χ2n) is 9.22. The Morgan fingerprint density at radius 1 is 1.00 bits per heavy atom. The highest BCUT2D eigenvalue weighted by molar-refractivity contribution is 5.86. The Labute approximate surface area is 188 Å². The first-order valence-electron chi connectivity index (χ1n) is 11.6. The van der Waals surface area contributed by atoms with Gasteiger partial charge in [-0.15, -0.1) is 0 Å². The smallest absolute Gasteiger partial charge is 0.226 e. The van der Waals surface area contributed by atoms with E-state index in [2.05, 4.69) is 40.6 Å². The quantitative estimate of drug-likeness (QED) is 0.652. The minimum absolute atomic E-state index is 0.101. The van der Waals surface area contributed by atoms with Gasteiger partial charge in [-0.25, -0.2) is 0 Å². The summed E-state index contributed by atoms with van der Waals surface area (Å²) >= 11 is 0. The number of nitrogens with zero attached hydrogens (tertiary/aromatic N) is 2. The van der Waals surface area contributed by atoms with Crippen LogP contribution in [0.1, 0.15) is 30.5 Å². The standard InChI is InChI=1S/C27H29N3O2/c31-25(18-20-8-9-21-5-1-2-6-22(21)17-20)30-15-11-27(12-16-30)19-24(27)26(32)29-14-10-23-7-3-4-13-28-23/h1-9,13,17,24H,10-12,14-16,18-19H2,(H,29,32)/t24-/m1/s1. The van der Waals surface area contributed by atoms with Crippen LogP contribution in [0.4, 0.5) is 0 Å². The topological polar surface area (TPSA) is 62.3 Å². The van der Waals surface area contributed by atoms with Crippen LogP contribution in [0.3, 0.4) is 0 Å². The minimum atomic E-state index is 0.101. The molecular weight excluding hydrogens is 398 g/mol. The average molecular weight is 428 g/mol. The molecule has 1 spiro atoms. The van der Waals surface area contributed by atoms with Crippen molar-refractivity contribution in [1.82, 2.24) is 15.2 Å². The Balaban J connectivity index is 1.09. The number of rotatable bonds is 6. The van der Waals surface area contributed by atoms with Crippen LogP contribution >= 0.6 is 0 Å². The van der Waals surface area contributed by atoms with Gasteiger partial charge in [-0.3, -0.25) is 14.6 Å². The van der Waals surface area contributed by atoms with Gasteiger partial charge < -0.3 is 10.2 Å². The Kier molecular flexibility index (Phi) is 5.64. The molecule has 1 aromatic heterocycles. The molecule has 1 aliphatic heterocycles. The summed E-state index contributed by atoms with van der Waals surface area (Å²) in [6.45, 7) is 2.13. The summed E-state index contributed by atoms with van der Waals surface area (Å²) in [5, 5.41) is 5.45. The number of amides is 2. The number of hydrogen-bond acceptors (Lipinski definition) is 3. The van der Waals surface area contributed by atoms with Crippen molar-refractivity contribution < 1.29 is 9.59 Å². The molecule has 1 aliphatic carbocycles. The lowest BCUT2D eigenvalue weighted by atomic mass is 9.90. The maximum atomic E-state index is 12.9. The van der Waals surface area contributed by atoms with E-state index in [9.17, 15) is 9.59 Å². The first-order valence-corrected chi connectivity index (χ1v) is 11.6. The Morgan fingerprint density at radius 3 is 2.56 bits per heavy atom. The van der Waals surface area contributed by atoms with Crippen molar-refractivity contribution in [2.75, 3.05) is 19.6 Å². The molecule has 1 saturated heterocycles. The van der Waals surface area contributed by atoms with Crippen LogP contribution in [0.25, 0.3) is 10.8 Å². The maximum absolute atomic E-state index is 12.9. The SMILES string of the molecule is O=C(NCCc1ccccn1)[C@H]1CC12CCN(C(=O)Cc1ccc3ccccc3c1)CC2. The van der Waals surface area contributed by atoms with Gasteiger partial charge in [0.1, 0.15) is 0 Å². The van der Waals surface area contributed by atoms with Gasteiger partial charge in [-0.05, 0) is 53.1 Å². The molecule has 1 atom stereocenters. The zero-order valence-electron chi connectivity index (χ0n) is 18.3. The molecule has 0 bridgehead atoms. The van der Waals surface area contributed by atoms with E-state index in [1.54, 1.807) is 6.20 Å². The molecule has 2 amide bonds. The van der Waals surface area contributed by atoms with Gasteiger partial charge in [-0.2, -0.15) is 0 Å². The summed E-state index contributed by atoms with van der Waals surface area (Å²) in [4.78, 5) is 31.8. The number of piperidine rings is 1. The Hall–Kier alpha value is -3.21. The van der Waals surface area contributed by atoms with E-state index in [0.29, 0.717) is 13.0 Å². The second kappa shape index (κ2) is 8.73. The number of benzene rings is 2. The molecule has 2 aliphatic rings. The minimum Gasteiger partial charge on any atom is -0.355 e. The van der Waals surface area contributed by atoms with Crippen LogP contribution < -0.4 is 5.32 Å². The van der Waals surface area contributed by atoms with Crippen molar-refractivity contribution >= 4 is 22.6 Å². The van der Waals surface area contributed by atoms with Crippen LogP contribution in [0.2, 0.25) is 0 Å². The van der Waals surface area contributed by atoms with Crippen LogP contribution in [-0.4, -0.2) is 41.3 Å². The van der Waals surface area contributed by atoms with Crippen LogP contribution in [0.5, 0.6) is 0 Å². The van der Waals surface area contributed by atoms with E-state index in [0.717, 1.165) is 50.0 Å². The Morgan fingerprint density at radius 2 is 1.78 bits per heavy atom. The average Bonchev–Trinajstić information content (AvgIpc) is 3.53. The van der Waals surface area contributed by atoms with Crippen molar-refractivity contribution in [2.24, 2.45) is 11.3 Å². The number of hydrogen-bond donors (Lipinski definition) is 1. The third-order valence-electron chi connectivity index (χ3n) is 7.19. The van der Waals surface area contributed by atoms with Crippen molar-refractivity contribution in [3.63, 3.8) is 0 Å². The predicted molar refractivity (Wildman–Crippen MR) is 125 cm³/mol. The number of carbonyl (C=O) groups is 2. The van der Waals surface area contributed by atoms with Crippen LogP contribution in [-0.2, 0) is 22.4 Å². The number of fused-ring (bicyclic) bond motifs is 1. The molecule has 5 nitrogen and oxygen atoms in total. The zero-order chi connectivity index (χ0) is 22.0. The summed E-state index contributed by atoms with van der Waals surface area (Å²) < 4.78 is 0. The molecule has 0 radical (unpaired) electrons. The third-order valence-corrected chi connectivity index (χ3v) is 7.19. The van der Waals surface area contributed by atoms with E-state index in [-0.39, 0.29) is 23.1 Å². The number of carbonyl (C=O) groups excluding carboxylic acids is 2. The van der Waals surface area contributed by atoms with Crippen molar-refractivity contribution in [1.29, 1.82) is 0 Å². The monoisotopic (exact) mass is 427 g/mol. The van der Waals surface area contributed by atoms with Gasteiger partial charge in [0.15, 0.2) is 0 Å². The number of likely N-dealkylation sites (tertiary alicyclic amines) is 1. The van der Waals surface area contributed by atoms with Gasteiger partial charge in [0.2, 0.25) is 11.8 Å². The van der Waals surface area contributed by atoms with Gasteiger partial charge in [0.05, 0.1) is 6.42 Å². The summed E-state index contributed by atoms with van der Waals surface area (Å²) in [7, 11) is 0. The van der Waals surface area contributed by atoms with E-state index < -0.39 is 0 Å². The highest BCUT2D eigenvalue weighted by atomic mass is 16.2. The first-order chi connectivity index (χ1) is 15.6. The van der Waals surface area contributed by atoms with E-state index >= 15 is 0 Å². The molecule has 32 heavy (non-hydrogen) atoms.